The third-order valence-corrected chi connectivity index (χ3v) is 5.75. The molecule has 0 atom stereocenters. The number of ether oxygens (including phenoxy) is 1. The molecule has 0 aliphatic heterocycles. The van der Waals surface area contributed by atoms with E-state index in [0.717, 1.165) is 0 Å². The van der Waals surface area contributed by atoms with Gasteiger partial charge in [0.05, 0.1) is 25.2 Å². The van der Waals surface area contributed by atoms with Crippen LogP contribution in [0.3, 0.4) is 0 Å². The second-order valence-corrected chi connectivity index (χ2v) is 7.50. The first-order valence-corrected chi connectivity index (χ1v) is 10.2. The standard InChI is InChI=1S/C23H19F3N6O/c1-4-32-11-27-18-15(10-28-30-22(18)32)12-5-7-16(24)14(9-12)13-6-8-17-19(20(13)33-3)29-23(21(25)26)31(17)2/h5-11,21H,4H2,1-3H3. The molecule has 0 aliphatic carbocycles. The number of hydrogen-bond acceptors (Lipinski definition) is 5. The Kier molecular flexibility index (Phi) is 4.99. The Bertz CT molecular complexity index is 1510. The first-order chi connectivity index (χ1) is 15.9. The molecule has 0 spiro atoms. The minimum Gasteiger partial charge on any atom is -0.494 e. The summed E-state index contributed by atoms with van der Waals surface area (Å²) in [7, 11) is 2.92. The van der Waals surface area contributed by atoms with Crippen molar-refractivity contribution in [1.29, 1.82) is 0 Å². The van der Waals surface area contributed by atoms with Gasteiger partial charge in [0.1, 0.15) is 16.9 Å². The van der Waals surface area contributed by atoms with Crippen LogP contribution in [0.2, 0.25) is 0 Å². The van der Waals surface area contributed by atoms with Crippen LogP contribution in [0.5, 0.6) is 5.75 Å². The highest BCUT2D eigenvalue weighted by atomic mass is 19.3. The van der Waals surface area contributed by atoms with Gasteiger partial charge in [0, 0.05) is 30.3 Å². The minimum absolute atomic E-state index is 0.222. The van der Waals surface area contributed by atoms with Crippen molar-refractivity contribution in [2.45, 2.75) is 19.9 Å². The highest BCUT2D eigenvalue weighted by Gasteiger charge is 2.23. The van der Waals surface area contributed by atoms with E-state index in [4.69, 9.17) is 4.74 Å². The van der Waals surface area contributed by atoms with E-state index >= 15 is 4.39 Å². The Morgan fingerprint density at radius 3 is 2.61 bits per heavy atom. The van der Waals surface area contributed by atoms with Gasteiger partial charge in [-0.15, -0.1) is 5.10 Å². The van der Waals surface area contributed by atoms with Gasteiger partial charge >= 0.3 is 0 Å². The van der Waals surface area contributed by atoms with Gasteiger partial charge in [0.25, 0.3) is 6.43 Å². The molecule has 0 radical (unpaired) electrons. The molecule has 0 bridgehead atoms. The lowest BCUT2D eigenvalue weighted by molar-refractivity contribution is 0.137. The number of aromatic nitrogens is 6. The van der Waals surface area contributed by atoms with Crippen LogP contribution in [-0.2, 0) is 13.6 Å². The predicted octanol–water partition coefficient (Wildman–Crippen LogP) is 5.15. The molecule has 0 amide bonds. The summed E-state index contributed by atoms with van der Waals surface area (Å²) >= 11 is 0. The summed E-state index contributed by atoms with van der Waals surface area (Å²) in [6, 6.07) is 7.93. The van der Waals surface area contributed by atoms with Crippen molar-refractivity contribution in [3.8, 4) is 28.0 Å². The number of benzene rings is 2. The monoisotopic (exact) mass is 452 g/mol. The van der Waals surface area contributed by atoms with Crippen molar-refractivity contribution in [1.82, 2.24) is 29.3 Å². The molecule has 0 fully saturated rings. The Hall–Kier alpha value is -3.95. The summed E-state index contributed by atoms with van der Waals surface area (Å²) in [4.78, 5) is 8.52. The maximum absolute atomic E-state index is 15.0. The Morgan fingerprint density at radius 2 is 1.88 bits per heavy atom. The van der Waals surface area contributed by atoms with Crippen LogP contribution < -0.4 is 4.74 Å². The minimum atomic E-state index is -2.75. The highest BCUT2D eigenvalue weighted by molar-refractivity contribution is 5.94. The highest BCUT2D eigenvalue weighted by Crippen LogP contribution is 2.40. The van der Waals surface area contributed by atoms with E-state index in [1.165, 1.54) is 24.8 Å². The summed E-state index contributed by atoms with van der Waals surface area (Å²) < 4.78 is 50.5. The van der Waals surface area contributed by atoms with Crippen LogP contribution in [0.4, 0.5) is 13.2 Å². The molecule has 5 aromatic rings. The molecular weight excluding hydrogens is 433 g/mol. The summed E-state index contributed by atoms with van der Waals surface area (Å²) in [5.74, 6) is -0.649. The molecule has 2 aromatic carbocycles. The Morgan fingerprint density at radius 1 is 1.06 bits per heavy atom. The zero-order valence-corrected chi connectivity index (χ0v) is 18.1. The normalized spacial score (nSPS) is 11.7. The molecule has 5 rings (SSSR count). The van der Waals surface area contributed by atoms with E-state index in [9.17, 15) is 8.78 Å². The first kappa shape index (κ1) is 20.9. The number of halogens is 3. The molecule has 0 aliphatic rings. The van der Waals surface area contributed by atoms with Crippen LogP contribution >= 0.6 is 0 Å². The summed E-state index contributed by atoms with van der Waals surface area (Å²) in [5.41, 5.74) is 4.03. The lowest BCUT2D eigenvalue weighted by Crippen LogP contribution is -1.97. The molecule has 0 saturated carbocycles. The molecule has 0 saturated heterocycles. The average molecular weight is 452 g/mol. The van der Waals surface area contributed by atoms with Crippen molar-refractivity contribution >= 4 is 22.2 Å². The van der Waals surface area contributed by atoms with E-state index in [0.29, 0.717) is 39.9 Å². The van der Waals surface area contributed by atoms with Crippen molar-refractivity contribution in [2.24, 2.45) is 7.05 Å². The molecule has 168 valence electrons. The third-order valence-electron chi connectivity index (χ3n) is 5.75. The van der Waals surface area contributed by atoms with E-state index < -0.39 is 12.2 Å². The smallest absolute Gasteiger partial charge is 0.295 e. The third kappa shape index (κ3) is 3.21. The van der Waals surface area contributed by atoms with Gasteiger partial charge in [0.2, 0.25) is 0 Å². The van der Waals surface area contributed by atoms with E-state index in [1.54, 1.807) is 36.8 Å². The summed E-state index contributed by atoms with van der Waals surface area (Å²) in [5, 5.41) is 8.25. The first-order valence-electron chi connectivity index (χ1n) is 10.2. The topological polar surface area (TPSA) is 70.7 Å². The maximum Gasteiger partial charge on any atom is 0.295 e. The number of methoxy groups -OCH3 is 1. The Balaban J connectivity index is 1.72. The van der Waals surface area contributed by atoms with E-state index in [-0.39, 0.29) is 22.7 Å². The van der Waals surface area contributed by atoms with Crippen LogP contribution in [0.1, 0.15) is 19.2 Å². The van der Waals surface area contributed by atoms with Gasteiger partial charge in [-0.1, -0.05) is 6.07 Å². The van der Waals surface area contributed by atoms with Gasteiger partial charge in [-0.2, -0.15) is 5.10 Å². The number of nitrogens with zero attached hydrogens (tertiary/aromatic N) is 6. The summed E-state index contributed by atoms with van der Waals surface area (Å²) in [6.07, 6.45) is 0.520. The van der Waals surface area contributed by atoms with Crippen molar-refractivity contribution in [2.75, 3.05) is 7.11 Å². The van der Waals surface area contributed by atoms with Gasteiger partial charge in [0.15, 0.2) is 17.2 Å². The number of rotatable bonds is 5. The molecule has 3 aromatic heterocycles. The zero-order valence-electron chi connectivity index (χ0n) is 18.1. The molecular formula is C23H19F3N6O. The molecule has 3 heterocycles. The Labute approximate surface area is 186 Å². The lowest BCUT2D eigenvalue weighted by Gasteiger charge is -2.12. The lowest BCUT2D eigenvalue weighted by atomic mass is 9.98. The maximum atomic E-state index is 15.0. The summed E-state index contributed by atoms with van der Waals surface area (Å²) in [6.45, 7) is 2.66. The SMILES string of the molecule is CCn1cnc2c(-c3ccc(F)c(-c4ccc5c(nc(C(F)F)n5C)c4OC)c3)cnnc21. The van der Waals surface area contributed by atoms with Crippen molar-refractivity contribution < 1.29 is 17.9 Å². The van der Waals surface area contributed by atoms with E-state index in [2.05, 4.69) is 20.2 Å². The fourth-order valence-corrected chi connectivity index (χ4v) is 4.08. The van der Waals surface area contributed by atoms with Crippen LogP contribution in [0.15, 0.2) is 42.9 Å². The largest absolute Gasteiger partial charge is 0.494 e. The number of hydrogen-bond donors (Lipinski definition) is 0. The fraction of sp³-hybridized carbons (Fsp3) is 0.217. The van der Waals surface area contributed by atoms with Gasteiger partial charge in [-0.05, 0) is 36.8 Å². The second-order valence-electron chi connectivity index (χ2n) is 7.50. The number of aryl methyl sites for hydroxylation is 2. The van der Waals surface area contributed by atoms with Gasteiger partial charge in [-0.3, -0.25) is 0 Å². The van der Waals surface area contributed by atoms with Crippen LogP contribution in [-0.4, -0.2) is 36.4 Å². The average Bonchev–Trinajstić information content (AvgIpc) is 3.40. The number of fused-ring (bicyclic) bond motifs is 2. The van der Waals surface area contributed by atoms with Crippen LogP contribution in [0, 0.1) is 5.82 Å². The van der Waals surface area contributed by atoms with Gasteiger partial charge < -0.3 is 13.9 Å². The molecule has 0 N–H and O–H groups in total. The van der Waals surface area contributed by atoms with Crippen molar-refractivity contribution in [3.63, 3.8) is 0 Å². The zero-order chi connectivity index (χ0) is 23.3. The molecule has 10 heteroatoms. The fourth-order valence-electron chi connectivity index (χ4n) is 4.08. The molecule has 7 nitrogen and oxygen atoms in total. The van der Waals surface area contributed by atoms with Gasteiger partial charge in [-0.25, -0.2) is 23.1 Å². The van der Waals surface area contributed by atoms with Crippen LogP contribution in [0.25, 0.3) is 44.5 Å². The second kappa shape index (κ2) is 7.88. The predicted molar refractivity (Wildman–Crippen MR) is 118 cm³/mol. The quantitative estimate of drug-likeness (QED) is 0.369. The molecule has 33 heavy (non-hydrogen) atoms. The van der Waals surface area contributed by atoms with E-state index in [1.807, 2.05) is 11.5 Å². The van der Waals surface area contributed by atoms with Crippen molar-refractivity contribution in [3.05, 3.63) is 54.5 Å². The number of imidazole rings is 2. The number of alkyl halides is 2. The molecule has 0 unspecified atom stereocenters.